The molecular weight excluding hydrogens is 260 g/mol. The minimum atomic E-state index is -0.391. The van der Waals surface area contributed by atoms with Gasteiger partial charge in [-0.05, 0) is 50.7 Å². The molecule has 1 fully saturated rings. The molecule has 0 saturated carbocycles. The number of rotatable bonds is 4. The Balaban J connectivity index is 1.79. The summed E-state index contributed by atoms with van der Waals surface area (Å²) in [7, 11) is 2.17. The number of likely N-dealkylation sites (N-methyl/N-ethyl adjacent to an activating group) is 1. The van der Waals surface area contributed by atoms with Gasteiger partial charge >= 0.3 is 0 Å². The highest BCUT2D eigenvalue weighted by molar-refractivity contribution is 6.30. The summed E-state index contributed by atoms with van der Waals surface area (Å²) in [5.74, 6) is 0. The minimum absolute atomic E-state index is 0.391. The van der Waals surface area contributed by atoms with E-state index in [0.29, 0.717) is 5.02 Å². The van der Waals surface area contributed by atoms with E-state index in [1.807, 2.05) is 24.3 Å². The number of aliphatic hydroxyl groups excluding tert-OH is 1. The van der Waals surface area contributed by atoms with E-state index in [0.717, 1.165) is 38.2 Å². The zero-order valence-electron chi connectivity index (χ0n) is 11.6. The van der Waals surface area contributed by atoms with Crippen molar-refractivity contribution in [2.24, 2.45) is 0 Å². The average Bonchev–Trinajstić information content (AvgIpc) is 2.61. The summed E-state index contributed by atoms with van der Waals surface area (Å²) in [6.45, 7) is 5.49. The first-order valence-electron chi connectivity index (χ1n) is 6.99. The van der Waals surface area contributed by atoms with Crippen molar-refractivity contribution < 1.29 is 5.11 Å². The molecule has 3 nitrogen and oxygen atoms in total. The lowest BCUT2D eigenvalue weighted by Crippen LogP contribution is -2.30. The van der Waals surface area contributed by atoms with Gasteiger partial charge in [0.25, 0.3) is 0 Å². The van der Waals surface area contributed by atoms with Crippen LogP contribution in [0.15, 0.2) is 24.3 Å². The lowest BCUT2D eigenvalue weighted by molar-refractivity contribution is 0.143. The fourth-order valence-corrected chi connectivity index (χ4v) is 2.61. The van der Waals surface area contributed by atoms with Gasteiger partial charge in [0.2, 0.25) is 0 Å². The van der Waals surface area contributed by atoms with Crippen molar-refractivity contribution in [3.63, 3.8) is 0 Å². The summed E-state index contributed by atoms with van der Waals surface area (Å²) in [4.78, 5) is 4.82. The van der Waals surface area contributed by atoms with Crippen LogP contribution in [-0.2, 0) is 0 Å². The highest BCUT2D eigenvalue weighted by Crippen LogP contribution is 2.19. The highest BCUT2D eigenvalue weighted by atomic mass is 35.5. The first-order chi connectivity index (χ1) is 9.15. The van der Waals surface area contributed by atoms with Crippen LogP contribution in [0.2, 0.25) is 5.02 Å². The Morgan fingerprint density at radius 2 is 1.89 bits per heavy atom. The van der Waals surface area contributed by atoms with Crippen LogP contribution in [-0.4, -0.2) is 54.7 Å². The summed E-state index contributed by atoms with van der Waals surface area (Å²) in [5, 5.41) is 10.9. The summed E-state index contributed by atoms with van der Waals surface area (Å²) in [6, 6.07) is 7.48. The molecule has 1 aromatic carbocycles. The largest absolute Gasteiger partial charge is 0.388 e. The van der Waals surface area contributed by atoms with Crippen LogP contribution in [0.3, 0.4) is 0 Å². The normalized spacial score (nSPS) is 20.2. The van der Waals surface area contributed by atoms with Gasteiger partial charge in [-0.15, -0.1) is 0 Å². The van der Waals surface area contributed by atoms with Crippen LogP contribution in [0.4, 0.5) is 0 Å². The average molecular weight is 283 g/mol. The number of nitrogens with zero attached hydrogens (tertiary/aromatic N) is 2. The van der Waals surface area contributed by atoms with Crippen molar-refractivity contribution in [2.45, 2.75) is 18.9 Å². The highest BCUT2D eigenvalue weighted by Gasteiger charge is 2.14. The molecule has 1 aliphatic rings. The molecule has 4 heteroatoms. The Morgan fingerprint density at radius 3 is 2.63 bits per heavy atom. The fraction of sp³-hybridized carbons (Fsp3) is 0.600. The molecule has 19 heavy (non-hydrogen) atoms. The van der Waals surface area contributed by atoms with Gasteiger partial charge in [0.05, 0.1) is 6.10 Å². The van der Waals surface area contributed by atoms with Gasteiger partial charge in [0, 0.05) is 24.7 Å². The van der Waals surface area contributed by atoms with Crippen molar-refractivity contribution in [2.75, 3.05) is 39.8 Å². The standard InChI is InChI=1S/C15H23ClN2O/c1-17-8-2-9-18(12-11-17)10-7-15(19)13-3-5-14(16)6-4-13/h3-6,15,19H,2,7-12H2,1H3. The van der Waals surface area contributed by atoms with Crippen molar-refractivity contribution in [1.82, 2.24) is 9.80 Å². The summed E-state index contributed by atoms with van der Waals surface area (Å²) >= 11 is 5.85. The Hall–Kier alpha value is -0.610. The van der Waals surface area contributed by atoms with Crippen LogP contribution >= 0.6 is 11.6 Å². The molecule has 0 bridgehead atoms. The third kappa shape index (κ3) is 4.77. The van der Waals surface area contributed by atoms with Crippen LogP contribution in [0.1, 0.15) is 24.5 Å². The monoisotopic (exact) mass is 282 g/mol. The van der Waals surface area contributed by atoms with E-state index < -0.39 is 6.10 Å². The predicted molar refractivity (Wildman–Crippen MR) is 79.6 cm³/mol. The maximum absolute atomic E-state index is 10.2. The Labute approximate surface area is 120 Å². The smallest absolute Gasteiger partial charge is 0.0802 e. The number of hydrogen-bond acceptors (Lipinski definition) is 3. The molecule has 0 aromatic heterocycles. The zero-order valence-corrected chi connectivity index (χ0v) is 12.3. The van der Waals surface area contributed by atoms with Gasteiger partial charge in [-0.1, -0.05) is 23.7 Å². The Morgan fingerprint density at radius 1 is 1.16 bits per heavy atom. The van der Waals surface area contributed by atoms with Gasteiger partial charge in [-0.25, -0.2) is 0 Å². The molecular formula is C15H23ClN2O. The van der Waals surface area contributed by atoms with E-state index in [1.165, 1.54) is 13.0 Å². The van der Waals surface area contributed by atoms with E-state index in [4.69, 9.17) is 11.6 Å². The van der Waals surface area contributed by atoms with Crippen LogP contribution in [0.5, 0.6) is 0 Å². The van der Waals surface area contributed by atoms with Crippen LogP contribution < -0.4 is 0 Å². The minimum Gasteiger partial charge on any atom is -0.388 e. The summed E-state index contributed by atoms with van der Waals surface area (Å²) < 4.78 is 0. The molecule has 1 aromatic rings. The van der Waals surface area contributed by atoms with E-state index in [9.17, 15) is 5.11 Å². The molecule has 1 N–H and O–H groups in total. The quantitative estimate of drug-likeness (QED) is 0.919. The van der Waals surface area contributed by atoms with Gasteiger partial charge < -0.3 is 14.9 Å². The molecule has 1 saturated heterocycles. The zero-order chi connectivity index (χ0) is 13.7. The number of halogens is 1. The van der Waals surface area contributed by atoms with Gasteiger partial charge in [0.15, 0.2) is 0 Å². The van der Waals surface area contributed by atoms with E-state index in [-0.39, 0.29) is 0 Å². The van der Waals surface area contributed by atoms with Crippen molar-refractivity contribution in [3.05, 3.63) is 34.9 Å². The van der Waals surface area contributed by atoms with Crippen molar-refractivity contribution in [3.8, 4) is 0 Å². The number of aliphatic hydroxyl groups is 1. The molecule has 1 aliphatic heterocycles. The summed E-state index contributed by atoms with van der Waals surface area (Å²) in [5.41, 5.74) is 0.955. The van der Waals surface area contributed by atoms with E-state index >= 15 is 0 Å². The lowest BCUT2D eigenvalue weighted by atomic mass is 10.1. The van der Waals surface area contributed by atoms with Gasteiger partial charge in [0.1, 0.15) is 0 Å². The third-order valence-corrected chi connectivity index (χ3v) is 4.04. The molecule has 106 valence electrons. The van der Waals surface area contributed by atoms with Gasteiger partial charge in [-0.2, -0.15) is 0 Å². The fourth-order valence-electron chi connectivity index (χ4n) is 2.48. The van der Waals surface area contributed by atoms with E-state index in [2.05, 4.69) is 16.8 Å². The van der Waals surface area contributed by atoms with Gasteiger partial charge in [-0.3, -0.25) is 0 Å². The topological polar surface area (TPSA) is 26.7 Å². The van der Waals surface area contributed by atoms with Crippen molar-refractivity contribution >= 4 is 11.6 Å². The molecule has 1 atom stereocenters. The second kappa shape index (κ2) is 7.25. The second-order valence-electron chi connectivity index (χ2n) is 5.35. The van der Waals surface area contributed by atoms with Crippen LogP contribution in [0, 0.1) is 0 Å². The molecule has 0 aliphatic carbocycles. The SMILES string of the molecule is CN1CCCN(CCC(O)c2ccc(Cl)cc2)CC1. The number of benzene rings is 1. The summed E-state index contributed by atoms with van der Waals surface area (Å²) in [6.07, 6.45) is 1.61. The molecule has 1 unspecified atom stereocenters. The number of hydrogen-bond donors (Lipinski definition) is 1. The molecule has 0 spiro atoms. The molecule has 0 radical (unpaired) electrons. The van der Waals surface area contributed by atoms with E-state index in [1.54, 1.807) is 0 Å². The first kappa shape index (κ1) is 14.8. The predicted octanol–water partition coefficient (Wildman–Crippen LogP) is 2.40. The maximum Gasteiger partial charge on any atom is 0.0802 e. The molecule has 0 amide bonds. The molecule has 1 heterocycles. The third-order valence-electron chi connectivity index (χ3n) is 3.79. The van der Waals surface area contributed by atoms with Crippen LogP contribution in [0.25, 0.3) is 0 Å². The Kier molecular flexibility index (Phi) is 5.64. The van der Waals surface area contributed by atoms with Crippen molar-refractivity contribution in [1.29, 1.82) is 0 Å². The lowest BCUT2D eigenvalue weighted by Gasteiger charge is -2.21. The molecule has 2 rings (SSSR count). The maximum atomic E-state index is 10.2. The Bertz CT molecular complexity index is 382. The second-order valence-corrected chi connectivity index (χ2v) is 5.79. The first-order valence-corrected chi connectivity index (χ1v) is 7.37.